The Morgan fingerprint density at radius 3 is 2.79 bits per heavy atom. The molecule has 0 bridgehead atoms. The van der Waals surface area contributed by atoms with Gasteiger partial charge in [-0.2, -0.15) is 5.10 Å². The number of aryl methyl sites for hydroxylation is 1. The number of carbonyl (C=O) groups excluding carboxylic acids is 1. The van der Waals surface area contributed by atoms with E-state index in [4.69, 9.17) is 0 Å². The van der Waals surface area contributed by atoms with Crippen LogP contribution < -0.4 is 10.9 Å². The maximum absolute atomic E-state index is 12.1. The van der Waals surface area contributed by atoms with Gasteiger partial charge in [-0.25, -0.2) is 0 Å². The highest BCUT2D eigenvalue weighted by molar-refractivity contribution is 5.93. The van der Waals surface area contributed by atoms with Crippen LogP contribution in [0.3, 0.4) is 0 Å². The molecule has 0 radical (unpaired) electrons. The van der Waals surface area contributed by atoms with Gasteiger partial charge >= 0.3 is 0 Å². The predicted octanol–water partition coefficient (Wildman–Crippen LogP) is 1.07. The van der Waals surface area contributed by atoms with Gasteiger partial charge < -0.3 is 9.88 Å². The first-order chi connectivity index (χ1) is 11.6. The number of pyridine rings is 2. The summed E-state index contributed by atoms with van der Waals surface area (Å²) in [6.45, 7) is 0.881. The van der Waals surface area contributed by atoms with Gasteiger partial charge in [-0.1, -0.05) is 6.07 Å². The summed E-state index contributed by atoms with van der Waals surface area (Å²) in [5.74, 6) is -0.381. The third-order valence-electron chi connectivity index (χ3n) is 3.56. The highest BCUT2D eigenvalue weighted by Crippen LogP contribution is 2.12. The van der Waals surface area contributed by atoms with Crippen molar-refractivity contribution in [3.8, 4) is 11.4 Å². The van der Waals surface area contributed by atoms with E-state index in [-0.39, 0.29) is 17.0 Å². The second-order valence-corrected chi connectivity index (χ2v) is 5.27. The summed E-state index contributed by atoms with van der Waals surface area (Å²) < 4.78 is 3.11. The predicted molar refractivity (Wildman–Crippen MR) is 89.5 cm³/mol. The fourth-order valence-corrected chi connectivity index (χ4v) is 2.29. The highest BCUT2D eigenvalue weighted by atomic mass is 16.2. The van der Waals surface area contributed by atoms with Crippen molar-refractivity contribution < 1.29 is 4.79 Å². The lowest BCUT2D eigenvalue weighted by Crippen LogP contribution is -2.33. The fourth-order valence-electron chi connectivity index (χ4n) is 2.29. The summed E-state index contributed by atoms with van der Waals surface area (Å²) >= 11 is 0. The smallest absolute Gasteiger partial charge is 0.263 e. The Balaban J connectivity index is 1.59. The van der Waals surface area contributed by atoms with Crippen LogP contribution in [0, 0.1) is 0 Å². The van der Waals surface area contributed by atoms with Crippen LogP contribution in [0.15, 0.2) is 59.8 Å². The van der Waals surface area contributed by atoms with E-state index in [0.29, 0.717) is 13.1 Å². The first kappa shape index (κ1) is 15.7. The Morgan fingerprint density at radius 1 is 1.12 bits per heavy atom. The molecule has 0 fully saturated rings. The number of amides is 1. The molecule has 7 nitrogen and oxygen atoms in total. The Morgan fingerprint density at radius 2 is 2.00 bits per heavy atom. The molecule has 3 heterocycles. The van der Waals surface area contributed by atoms with Crippen LogP contribution in [-0.2, 0) is 13.6 Å². The molecule has 0 aliphatic heterocycles. The average molecular weight is 323 g/mol. The quantitative estimate of drug-likeness (QED) is 0.761. The number of hydrogen-bond donors (Lipinski definition) is 1. The Kier molecular flexibility index (Phi) is 4.51. The second kappa shape index (κ2) is 6.91. The van der Waals surface area contributed by atoms with E-state index >= 15 is 0 Å². The van der Waals surface area contributed by atoms with E-state index in [1.54, 1.807) is 30.2 Å². The Bertz CT molecular complexity index is 899. The SMILES string of the molecule is Cn1cccc(C(=O)NCCn2ccc(-c3ccccn3)n2)c1=O. The van der Waals surface area contributed by atoms with Crippen molar-refractivity contribution in [2.24, 2.45) is 7.05 Å². The van der Waals surface area contributed by atoms with Gasteiger partial charge in [0.2, 0.25) is 0 Å². The van der Waals surface area contributed by atoms with Gasteiger partial charge in [0.05, 0.1) is 12.2 Å². The summed E-state index contributed by atoms with van der Waals surface area (Å²) in [5.41, 5.74) is 1.40. The van der Waals surface area contributed by atoms with Crippen molar-refractivity contribution in [3.05, 3.63) is 70.9 Å². The Labute approximate surface area is 138 Å². The van der Waals surface area contributed by atoms with Gasteiger partial charge in [0.25, 0.3) is 11.5 Å². The molecule has 0 saturated heterocycles. The number of aromatic nitrogens is 4. The van der Waals surface area contributed by atoms with Crippen LogP contribution >= 0.6 is 0 Å². The minimum Gasteiger partial charge on any atom is -0.350 e. The van der Waals surface area contributed by atoms with Crippen LogP contribution in [-0.4, -0.2) is 31.8 Å². The molecule has 3 rings (SSSR count). The summed E-state index contributed by atoms with van der Waals surface area (Å²) in [6.07, 6.45) is 5.16. The topological polar surface area (TPSA) is 81.8 Å². The van der Waals surface area contributed by atoms with Crippen molar-refractivity contribution in [2.75, 3.05) is 6.54 Å². The molecule has 0 atom stereocenters. The molecule has 0 aliphatic carbocycles. The average Bonchev–Trinajstić information content (AvgIpc) is 3.07. The van der Waals surface area contributed by atoms with Gasteiger partial charge in [0, 0.05) is 32.2 Å². The van der Waals surface area contributed by atoms with Crippen LogP contribution in [0.5, 0.6) is 0 Å². The number of carbonyl (C=O) groups is 1. The van der Waals surface area contributed by atoms with E-state index in [1.165, 1.54) is 10.6 Å². The summed E-state index contributed by atoms with van der Waals surface area (Å²) in [4.78, 5) is 28.2. The molecule has 7 heteroatoms. The second-order valence-electron chi connectivity index (χ2n) is 5.27. The minimum absolute atomic E-state index is 0.134. The maximum Gasteiger partial charge on any atom is 0.263 e. The third kappa shape index (κ3) is 3.40. The number of nitrogens with one attached hydrogen (secondary N) is 1. The monoisotopic (exact) mass is 323 g/mol. The van der Waals surface area contributed by atoms with E-state index in [1.807, 2.05) is 30.5 Å². The molecule has 0 aliphatic rings. The first-order valence-corrected chi connectivity index (χ1v) is 7.54. The zero-order chi connectivity index (χ0) is 16.9. The van der Waals surface area contributed by atoms with Gasteiger partial charge in [-0.05, 0) is 30.3 Å². The lowest BCUT2D eigenvalue weighted by atomic mass is 10.2. The van der Waals surface area contributed by atoms with Crippen LogP contribution in [0.1, 0.15) is 10.4 Å². The standard InChI is InChI=1S/C17H17N5O2/c1-21-10-4-5-13(17(21)24)16(23)19-9-12-22-11-7-15(20-22)14-6-2-3-8-18-14/h2-8,10-11H,9,12H2,1H3,(H,19,23). The number of hydrogen-bond acceptors (Lipinski definition) is 4. The molecule has 3 aromatic heterocycles. The molecule has 0 unspecified atom stereocenters. The minimum atomic E-state index is -0.381. The van der Waals surface area contributed by atoms with Crippen molar-refractivity contribution >= 4 is 5.91 Å². The lowest BCUT2D eigenvalue weighted by Gasteiger charge is -2.06. The molecule has 1 amide bonds. The maximum atomic E-state index is 12.1. The third-order valence-corrected chi connectivity index (χ3v) is 3.56. The van der Waals surface area contributed by atoms with Gasteiger partial charge in [-0.15, -0.1) is 0 Å². The normalized spacial score (nSPS) is 10.5. The van der Waals surface area contributed by atoms with Crippen molar-refractivity contribution in [3.63, 3.8) is 0 Å². The summed E-state index contributed by atoms with van der Waals surface area (Å²) in [5, 5.41) is 7.15. The molecular weight excluding hydrogens is 306 g/mol. The zero-order valence-electron chi connectivity index (χ0n) is 13.2. The van der Waals surface area contributed by atoms with Crippen LogP contribution in [0.2, 0.25) is 0 Å². The molecule has 3 aromatic rings. The van der Waals surface area contributed by atoms with E-state index in [9.17, 15) is 9.59 Å². The van der Waals surface area contributed by atoms with Crippen molar-refractivity contribution in [2.45, 2.75) is 6.54 Å². The number of rotatable bonds is 5. The lowest BCUT2D eigenvalue weighted by molar-refractivity contribution is 0.0950. The summed E-state index contributed by atoms with van der Waals surface area (Å²) in [6, 6.07) is 10.7. The molecule has 0 saturated carbocycles. The van der Waals surface area contributed by atoms with Gasteiger partial charge in [-0.3, -0.25) is 19.3 Å². The summed E-state index contributed by atoms with van der Waals surface area (Å²) in [7, 11) is 1.61. The van der Waals surface area contributed by atoms with Crippen molar-refractivity contribution in [1.29, 1.82) is 0 Å². The highest BCUT2D eigenvalue weighted by Gasteiger charge is 2.10. The van der Waals surface area contributed by atoms with Crippen LogP contribution in [0.25, 0.3) is 11.4 Å². The largest absolute Gasteiger partial charge is 0.350 e. The van der Waals surface area contributed by atoms with Gasteiger partial charge in [0.15, 0.2) is 0 Å². The van der Waals surface area contributed by atoms with E-state index in [0.717, 1.165) is 11.4 Å². The molecule has 122 valence electrons. The number of nitrogens with zero attached hydrogens (tertiary/aromatic N) is 4. The molecule has 0 aromatic carbocycles. The van der Waals surface area contributed by atoms with Gasteiger partial charge in [0.1, 0.15) is 11.3 Å². The fraction of sp³-hybridized carbons (Fsp3) is 0.176. The zero-order valence-corrected chi connectivity index (χ0v) is 13.2. The molecular formula is C17H17N5O2. The molecule has 24 heavy (non-hydrogen) atoms. The Hall–Kier alpha value is -3.22. The van der Waals surface area contributed by atoms with Crippen molar-refractivity contribution in [1.82, 2.24) is 24.6 Å². The first-order valence-electron chi connectivity index (χ1n) is 7.54. The molecule has 0 spiro atoms. The van der Waals surface area contributed by atoms with Crippen LogP contribution in [0.4, 0.5) is 0 Å². The van der Waals surface area contributed by atoms with E-state index < -0.39 is 0 Å². The molecule has 1 N–H and O–H groups in total. The van der Waals surface area contributed by atoms with E-state index in [2.05, 4.69) is 15.4 Å².